The first-order chi connectivity index (χ1) is 12.9. The number of hydrogen-bond donors (Lipinski definition) is 1. The van der Waals surface area contributed by atoms with Gasteiger partial charge in [0.15, 0.2) is 6.61 Å². The van der Waals surface area contributed by atoms with E-state index in [1.54, 1.807) is 31.2 Å². The fourth-order valence-corrected chi connectivity index (χ4v) is 2.46. The van der Waals surface area contributed by atoms with Gasteiger partial charge in [0.2, 0.25) is 5.91 Å². The largest absolute Gasteiger partial charge is 0.495 e. The monoisotopic (exact) mass is 394 g/mol. The predicted octanol–water partition coefficient (Wildman–Crippen LogP) is 3.35. The van der Waals surface area contributed by atoms with Gasteiger partial charge in [0, 0.05) is 12.6 Å². The summed E-state index contributed by atoms with van der Waals surface area (Å²) in [6.45, 7) is 1.65. The van der Waals surface area contributed by atoms with Crippen LogP contribution in [0.25, 0.3) is 0 Å². The minimum atomic E-state index is -0.571. The van der Waals surface area contributed by atoms with Gasteiger partial charge in [0.25, 0.3) is 5.91 Å². The molecule has 0 atom stereocenters. The highest BCUT2D eigenvalue weighted by molar-refractivity contribution is 6.30. The molecule has 144 valence electrons. The molecule has 0 aliphatic heterocycles. The van der Waals surface area contributed by atoms with Crippen molar-refractivity contribution >= 4 is 29.1 Å². The number of carbonyl (C=O) groups is 2. The molecule has 1 N–H and O–H groups in total. The second kappa shape index (κ2) is 9.78. The molecule has 0 heterocycles. The molecule has 2 amide bonds. The molecule has 0 aromatic heterocycles. The molecule has 0 unspecified atom stereocenters. The summed E-state index contributed by atoms with van der Waals surface area (Å²) in [7, 11) is 1.51. The lowest BCUT2D eigenvalue weighted by atomic mass is 10.3. The number of nitrogens with one attached hydrogen (secondary N) is 1. The summed E-state index contributed by atoms with van der Waals surface area (Å²) in [5.74, 6) is -0.521. The van der Waals surface area contributed by atoms with Crippen LogP contribution in [0.4, 0.5) is 10.1 Å². The Kier molecular flexibility index (Phi) is 7.43. The molecule has 0 aliphatic rings. The van der Waals surface area contributed by atoms with E-state index in [0.717, 1.165) is 6.07 Å². The lowest BCUT2D eigenvalue weighted by molar-refractivity contribution is -0.136. The van der Waals surface area contributed by atoms with Crippen molar-refractivity contribution in [3.63, 3.8) is 0 Å². The average molecular weight is 395 g/mol. The molecule has 2 aromatic rings. The number of amides is 2. The normalized spacial score (nSPS) is 10.2. The lowest BCUT2D eigenvalue weighted by Gasteiger charge is -2.21. The topological polar surface area (TPSA) is 67.9 Å². The van der Waals surface area contributed by atoms with Gasteiger partial charge >= 0.3 is 0 Å². The number of anilines is 1. The third-order valence-corrected chi connectivity index (χ3v) is 3.99. The second-order valence-electron chi connectivity index (χ2n) is 5.52. The van der Waals surface area contributed by atoms with Crippen LogP contribution in [0.5, 0.6) is 11.5 Å². The second-order valence-corrected chi connectivity index (χ2v) is 5.93. The van der Waals surface area contributed by atoms with E-state index in [-0.39, 0.29) is 35.7 Å². The predicted molar refractivity (Wildman–Crippen MR) is 101 cm³/mol. The highest BCUT2D eigenvalue weighted by atomic mass is 35.5. The Hall–Kier alpha value is -2.80. The molecule has 0 fully saturated rings. The number of carbonyl (C=O) groups excluding carboxylic acids is 2. The van der Waals surface area contributed by atoms with E-state index in [4.69, 9.17) is 21.1 Å². The Bertz CT molecular complexity index is 816. The molecule has 27 heavy (non-hydrogen) atoms. The molecule has 2 rings (SSSR count). The number of likely N-dealkylation sites (N-methyl/N-ethyl adjacent to an activating group) is 1. The summed E-state index contributed by atoms with van der Waals surface area (Å²) < 4.78 is 23.6. The fourth-order valence-electron chi connectivity index (χ4n) is 2.29. The molecule has 0 bridgehead atoms. The summed E-state index contributed by atoms with van der Waals surface area (Å²) in [5, 5.41) is 2.62. The molecule has 0 saturated heterocycles. The minimum absolute atomic E-state index is 0.0940. The van der Waals surface area contributed by atoms with E-state index < -0.39 is 5.82 Å². The van der Waals surface area contributed by atoms with Crippen LogP contribution < -0.4 is 14.8 Å². The quantitative estimate of drug-likeness (QED) is 0.745. The summed E-state index contributed by atoms with van der Waals surface area (Å²) in [6, 6.07) is 10.8. The SMILES string of the molecule is CCN(CC(=O)Nc1ccccc1OC)C(=O)COc1ccc(F)c(Cl)c1. The summed E-state index contributed by atoms with van der Waals surface area (Å²) in [4.78, 5) is 25.9. The van der Waals surface area contributed by atoms with Crippen LogP contribution in [-0.4, -0.2) is 43.5 Å². The number of benzene rings is 2. The standard InChI is InChI=1S/C19H20ClFN2O4/c1-3-23(11-18(24)22-16-6-4-5-7-17(16)26-2)19(25)12-27-13-8-9-15(21)14(20)10-13/h4-10H,3,11-12H2,1-2H3,(H,22,24). The Balaban J connectivity index is 1.91. The Morgan fingerprint density at radius 2 is 1.96 bits per heavy atom. The highest BCUT2D eigenvalue weighted by Gasteiger charge is 2.17. The van der Waals surface area contributed by atoms with Crippen molar-refractivity contribution in [2.45, 2.75) is 6.92 Å². The van der Waals surface area contributed by atoms with Crippen LogP contribution in [0.1, 0.15) is 6.92 Å². The van der Waals surface area contributed by atoms with Crippen LogP contribution >= 0.6 is 11.6 Å². The van der Waals surface area contributed by atoms with Gasteiger partial charge in [-0.1, -0.05) is 23.7 Å². The van der Waals surface area contributed by atoms with E-state index in [2.05, 4.69) is 5.32 Å². The molecular weight excluding hydrogens is 375 g/mol. The van der Waals surface area contributed by atoms with Gasteiger partial charge < -0.3 is 19.7 Å². The van der Waals surface area contributed by atoms with Crippen LogP contribution in [-0.2, 0) is 9.59 Å². The van der Waals surface area contributed by atoms with Gasteiger partial charge in [-0.25, -0.2) is 4.39 Å². The van der Waals surface area contributed by atoms with E-state index >= 15 is 0 Å². The third kappa shape index (κ3) is 5.86. The van der Waals surface area contributed by atoms with Gasteiger partial charge in [-0.3, -0.25) is 9.59 Å². The first-order valence-electron chi connectivity index (χ1n) is 8.23. The summed E-state index contributed by atoms with van der Waals surface area (Å²) >= 11 is 5.68. The van der Waals surface area contributed by atoms with Crippen molar-refractivity contribution in [1.82, 2.24) is 4.90 Å². The Morgan fingerprint density at radius 1 is 1.22 bits per heavy atom. The van der Waals surface area contributed by atoms with E-state index in [1.165, 1.54) is 24.1 Å². The van der Waals surface area contributed by atoms with E-state index in [9.17, 15) is 14.0 Å². The third-order valence-electron chi connectivity index (χ3n) is 3.70. The van der Waals surface area contributed by atoms with Crippen LogP contribution in [0, 0.1) is 5.82 Å². The maximum Gasteiger partial charge on any atom is 0.260 e. The van der Waals surface area contributed by atoms with Crippen molar-refractivity contribution in [1.29, 1.82) is 0 Å². The van der Waals surface area contributed by atoms with Crippen molar-refractivity contribution in [3.8, 4) is 11.5 Å². The molecule has 6 nitrogen and oxygen atoms in total. The average Bonchev–Trinajstić information content (AvgIpc) is 2.67. The fraction of sp³-hybridized carbons (Fsp3) is 0.263. The van der Waals surface area contributed by atoms with Crippen molar-refractivity contribution in [2.75, 3.05) is 32.1 Å². The lowest BCUT2D eigenvalue weighted by Crippen LogP contribution is -2.40. The minimum Gasteiger partial charge on any atom is -0.495 e. The molecule has 0 spiro atoms. The number of para-hydroxylation sites is 2. The number of halogens is 2. The van der Waals surface area contributed by atoms with Gasteiger partial charge in [-0.05, 0) is 31.2 Å². The summed E-state index contributed by atoms with van der Waals surface area (Å²) in [6.07, 6.45) is 0. The number of nitrogens with zero attached hydrogens (tertiary/aromatic N) is 1. The van der Waals surface area contributed by atoms with Crippen molar-refractivity contribution in [3.05, 3.63) is 53.3 Å². The maximum absolute atomic E-state index is 13.1. The maximum atomic E-state index is 13.1. The molecule has 2 aromatic carbocycles. The van der Waals surface area contributed by atoms with Crippen LogP contribution in [0.2, 0.25) is 5.02 Å². The number of methoxy groups -OCH3 is 1. The first kappa shape index (κ1) is 20.5. The van der Waals surface area contributed by atoms with Crippen molar-refractivity contribution < 1.29 is 23.5 Å². The smallest absolute Gasteiger partial charge is 0.260 e. The molecule has 0 radical (unpaired) electrons. The van der Waals surface area contributed by atoms with Gasteiger partial charge in [-0.2, -0.15) is 0 Å². The number of rotatable bonds is 8. The van der Waals surface area contributed by atoms with Crippen LogP contribution in [0.3, 0.4) is 0 Å². The zero-order chi connectivity index (χ0) is 19.8. The first-order valence-corrected chi connectivity index (χ1v) is 8.61. The highest BCUT2D eigenvalue weighted by Crippen LogP contribution is 2.23. The molecular formula is C19H20ClFN2O4. The molecule has 0 saturated carbocycles. The zero-order valence-electron chi connectivity index (χ0n) is 15.0. The molecule has 8 heteroatoms. The Labute approximate surface area is 161 Å². The number of hydrogen-bond acceptors (Lipinski definition) is 4. The summed E-state index contributed by atoms with van der Waals surface area (Å²) in [5.41, 5.74) is 0.519. The van der Waals surface area contributed by atoms with E-state index in [0.29, 0.717) is 18.0 Å². The van der Waals surface area contributed by atoms with E-state index in [1.807, 2.05) is 0 Å². The zero-order valence-corrected chi connectivity index (χ0v) is 15.8. The number of ether oxygens (including phenoxy) is 2. The van der Waals surface area contributed by atoms with Gasteiger partial charge in [0.05, 0.1) is 24.4 Å². The van der Waals surface area contributed by atoms with Gasteiger partial charge in [-0.15, -0.1) is 0 Å². The Morgan fingerprint density at radius 3 is 2.63 bits per heavy atom. The van der Waals surface area contributed by atoms with Gasteiger partial charge in [0.1, 0.15) is 17.3 Å². The van der Waals surface area contributed by atoms with Crippen LogP contribution in [0.15, 0.2) is 42.5 Å². The van der Waals surface area contributed by atoms with Crippen molar-refractivity contribution in [2.24, 2.45) is 0 Å². The molecule has 0 aliphatic carbocycles.